The molecule has 0 spiro atoms. The van der Waals surface area contributed by atoms with Crippen LogP contribution in [0.15, 0.2) is 36.4 Å². The van der Waals surface area contributed by atoms with E-state index in [2.05, 4.69) is 5.32 Å². The van der Waals surface area contributed by atoms with Gasteiger partial charge < -0.3 is 5.32 Å². The van der Waals surface area contributed by atoms with Crippen molar-refractivity contribution in [2.45, 2.75) is 25.9 Å². The van der Waals surface area contributed by atoms with Gasteiger partial charge in [-0.25, -0.2) is 4.39 Å². The summed E-state index contributed by atoms with van der Waals surface area (Å²) in [6.45, 7) is 3.94. The van der Waals surface area contributed by atoms with E-state index in [1.54, 1.807) is 12.1 Å². The Labute approximate surface area is 139 Å². The van der Waals surface area contributed by atoms with E-state index < -0.39 is 0 Å². The normalized spacial score (nSPS) is 14.0. The van der Waals surface area contributed by atoms with Crippen molar-refractivity contribution in [3.05, 3.63) is 68.4 Å². The predicted molar refractivity (Wildman–Crippen MR) is 87.8 cm³/mol. The van der Waals surface area contributed by atoms with Crippen molar-refractivity contribution in [2.24, 2.45) is 0 Å². The van der Waals surface area contributed by atoms with E-state index in [1.165, 1.54) is 12.1 Å². The standard InChI is InChI=1S/C16H15Cl3FN/c1-9(11-4-3-5-12(20)8-11)21-10(2)13-6-7-14(17)16(19)15(13)18/h3-10,21H,1-2H3/t9-,10?/m1/s1. The van der Waals surface area contributed by atoms with Crippen LogP contribution in [0.4, 0.5) is 4.39 Å². The van der Waals surface area contributed by atoms with Crippen LogP contribution < -0.4 is 5.32 Å². The van der Waals surface area contributed by atoms with Gasteiger partial charge in [0.2, 0.25) is 0 Å². The minimum Gasteiger partial charge on any atom is -0.304 e. The maximum Gasteiger partial charge on any atom is 0.123 e. The molecule has 0 saturated carbocycles. The fraction of sp³-hybridized carbons (Fsp3) is 0.250. The van der Waals surface area contributed by atoms with E-state index in [0.717, 1.165) is 11.1 Å². The Balaban J connectivity index is 2.18. The highest BCUT2D eigenvalue weighted by Crippen LogP contribution is 2.36. The summed E-state index contributed by atoms with van der Waals surface area (Å²) >= 11 is 18.2. The molecule has 21 heavy (non-hydrogen) atoms. The molecule has 112 valence electrons. The van der Waals surface area contributed by atoms with Crippen molar-refractivity contribution in [3.63, 3.8) is 0 Å². The maximum absolute atomic E-state index is 13.3. The first-order valence-corrected chi connectivity index (χ1v) is 7.68. The van der Waals surface area contributed by atoms with Gasteiger partial charge in [-0.05, 0) is 43.2 Å². The summed E-state index contributed by atoms with van der Waals surface area (Å²) in [6, 6.07) is 9.99. The monoisotopic (exact) mass is 345 g/mol. The van der Waals surface area contributed by atoms with Crippen molar-refractivity contribution >= 4 is 34.8 Å². The molecular formula is C16H15Cl3FN. The highest BCUT2D eigenvalue weighted by atomic mass is 35.5. The Morgan fingerprint density at radius 3 is 2.33 bits per heavy atom. The van der Waals surface area contributed by atoms with Crippen molar-refractivity contribution < 1.29 is 4.39 Å². The minimum atomic E-state index is -0.249. The summed E-state index contributed by atoms with van der Waals surface area (Å²) in [5.74, 6) is -0.249. The molecule has 0 aliphatic rings. The molecule has 2 rings (SSSR count). The van der Waals surface area contributed by atoms with E-state index >= 15 is 0 Å². The third-order valence-corrected chi connectivity index (χ3v) is 4.69. The molecule has 0 saturated heterocycles. The number of benzene rings is 2. The molecule has 1 unspecified atom stereocenters. The lowest BCUT2D eigenvalue weighted by atomic mass is 10.0. The molecule has 0 aliphatic carbocycles. The average Bonchev–Trinajstić information content (AvgIpc) is 2.44. The second kappa shape index (κ2) is 6.97. The first-order valence-electron chi connectivity index (χ1n) is 6.55. The minimum absolute atomic E-state index is 0.0266. The summed E-state index contributed by atoms with van der Waals surface area (Å²) in [7, 11) is 0. The molecule has 0 bridgehead atoms. The van der Waals surface area contributed by atoms with Gasteiger partial charge in [-0.15, -0.1) is 0 Å². The zero-order chi connectivity index (χ0) is 15.6. The Hall–Kier alpha value is -0.800. The summed E-state index contributed by atoms with van der Waals surface area (Å²) in [6.07, 6.45) is 0. The molecule has 0 fully saturated rings. The molecule has 0 aromatic heterocycles. The molecule has 5 heteroatoms. The van der Waals surface area contributed by atoms with E-state index in [4.69, 9.17) is 34.8 Å². The van der Waals surface area contributed by atoms with Crippen LogP contribution in [0.5, 0.6) is 0 Å². The number of hydrogen-bond donors (Lipinski definition) is 1. The quantitative estimate of drug-likeness (QED) is 0.650. The van der Waals surface area contributed by atoms with Crippen LogP contribution in [0.3, 0.4) is 0 Å². The van der Waals surface area contributed by atoms with E-state index in [9.17, 15) is 4.39 Å². The zero-order valence-corrected chi connectivity index (χ0v) is 13.9. The first-order chi connectivity index (χ1) is 9.90. The van der Waals surface area contributed by atoms with Gasteiger partial charge in [-0.1, -0.05) is 53.0 Å². The van der Waals surface area contributed by atoms with Gasteiger partial charge in [0.1, 0.15) is 5.82 Å². The van der Waals surface area contributed by atoms with Crippen LogP contribution in [0.25, 0.3) is 0 Å². The summed E-state index contributed by atoms with van der Waals surface area (Å²) in [5.41, 5.74) is 1.73. The number of rotatable bonds is 4. The van der Waals surface area contributed by atoms with Crippen LogP contribution in [0, 0.1) is 5.82 Å². The highest BCUT2D eigenvalue weighted by molar-refractivity contribution is 6.48. The van der Waals surface area contributed by atoms with Gasteiger partial charge in [0, 0.05) is 12.1 Å². The fourth-order valence-corrected chi connectivity index (χ4v) is 2.92. The molecule has 0 radical (unpaired) electrons. The molecule has 2 aromatic carbocycles. The van der Waals surface area contributed by atoms with Crippen molar-refractivity contribution in [3.8, 4) is 0 Å². The molecule has 0 aliphatic heterocycles. The van der Waals surface area contributed by atoms with Gasteiger partial charge in [0.05, 0.1) is 15.1 Å². The third kappa shape index (κ3) is 3.89. The molecule has 1 nitrogen and oxygen atoms in total. The lowest BCUT2D eigenvalue weighted by molar-refractivity contribution is 0.492. The Bertz CT molecular complexity index is 645. The van der Waals surface area contributed by atoms with Gasteiger partial charge >= 0.3 is 0 Å². The largest absolute Gasteiger partial charge is 0.304 e. The van der Waals surface area contributed by atoms with E-state index in [0.29, 0.717) is 15.1 Å². The Morgan fingerprint density at radius 2 is 1.67 bits per heavy atom. The smallest absolute Gasteiger partial charge is 0.123 e. The number of halogens is 4. The van der Waals surface area contributed by atoms with Gasteiger partial charge in [0.15, 0.2) is 0 Å². The summed E-state index contributed by atoms with van der Waals surface area (Å²) in [5, 5.41) is 4.59. The molecule has 1 N–H and O–H groups in total. The lowest BCUT2D eigenvalue weighted by Crippen LogP contribution is -2.22. The van der Waals surface area contributed by atoms with Gasteiger partial charge in [0.25, 0.3) is 0 Å². The van der Waals surface area contributed by atoms with Gasteiger partial charge in [-0.2, -0.15) is 0 Å². The molecular weight excluding hydrogens is 332 g/mol. The summed E-state index contributed by atoms with van der Waals surface area (Å²) in [4.78, 5) is 0. The van der Waals surface area contributed by atoms with Crippen LogP contribution in [-0.2, 0) is 0 Å². The topological polar surface area (TPSA) is 12.0 Å². The van der Waals surface area contributed by atoms with Crippen molar-refractivity contribution in [1.29, 1.82) is 0 Å². The SMILES string of the molecule is CC(N[C@H](C)c1cccc(F)c1)c1ccc(Cl)c(Cl)c1Cl. The number of nitrogens with one attached hydrogen (secondary N) is 1. The average molecular weight is 347 g/mol. The van der Waals surface area contributed by atoms with Crippen LogP contribution in [0.2, 0.25) is 15.1 Å². The highest BCUT2D eigenvalue weighted by Gasteiger charge is 2.17. The molecule has 0 heterocycles. The molecule has 0 amide bonds. The second-order valence-electron chi connectivity index (χ2n) is 4.93. The maximum atomic E-state index is 13.3. The molecule has 2 aromatic rings. The van der Waals surface area contributed by atoms with Crippen LogP contribution >= 0.6 is 34.8 Å². The fourth-order valence-electron chi connectivity index (χ4n) is 2.21. The van der Waals surface area contributed by atoms with E-state index in [-0.39, 0.29) is 17.9 Å². The Morgan fingerprint density at radius 1 is 0.952 bits per heavy atom. The van der Waals surface area contributed by atoms with Crippen molar-refractivity contribution in [1.82, 2.24) is 5.32 Å². The van der Waals surface area contributed by atoms with Crippen LogP contribution in [-0.4, -0.2) is 0 Å². The third-order valence-electron chi connectivity index (χ3n) is 3.38. The Kier molecular flexibility index (Phi) is 5.50. The second-order valence-corrected chi connectivity index (χ2v) is 6.09. The lowest BCUT2D eigenvalue weighted by Gasteiger charge is -2.22. The van der Waals surface area contributed by atoms with Gasteiger partial charge in [-0.3, -0.25) is 0 Å². The first kappa shape index (κ1) is 16.6. The number of hydrogen-bond acceptors (Lipinski definition) is 1. The predicted octanol–water partition coefficient (Wildman–Crippen LogP) is 6.20. The van der Waals surface area contributed by atoms with Crippen molar-refractivity contribution in [2.75, 3.05) is 0 Å². The summed E-state index contributed by atoms with van der Waals surface area (Å²) < 4.78 is 13.3. The molecule has 2 atom stereocenters. The van der Waals surface area contributed by atoms with Crippen LogP contribution in [0.1, 0.15) is 37.1 Å². The van der Waals surface area contributed by atoms with E-state index in [1.807, 2.05) is 26.0 Å². The zero-order valence-electron chi connectivity index (χ0n) is 11.6.